The highest BCUT2D eigenvalue weighted by Crippen LogP contribution is 2.30. The highest BCUT2D eigenvalue weighted by Gasteiger charge is 2.29. The van der Waals surface area contributed by atoms with E-state index in [0.29, 0.717) is 5.69 Å². The minimum atomic E-state index is -0.925. The SMILES string of the molecule is C=C(C)C(=O)OC(C(C)O)N(c1ccccc1)c1ccc(N)cc1. The summed E-state index contributed by atoms with van der Waals surface area (Å²) in [6, 6.07) is 16.5. The van der Waals surface area contributed by atoms with Gasteiger partial charge in [0.1, 0.15) is 6.10 Å². The fourth-order valence-electron chi connectivity index (χ4n) is 2.24. The van der Waals surface area contributed by atoms with Gasteiger partial charge in [0.05, 0.1) is 0 Å². The molecule has 0 aliphatic heterocycles. The van der Waals surface area contributed by atoms with Crippen LogP contribution in [0.3, 0.4) is 0 Å². The summed E-state index contributed by atoms with van der Waals surface area (Å²) in [5, 5.41) is 10.2. The van der Waals surface area contributed by atoms with Crippen LogP contribution >= 0.6 is 0 Å². The number of nitrogens with zero attached hydrogens (tertiary/aromatic N) is 1. The maximum Gasteiger partial charge on any atom is 0.335 e. The molecule has 2 unspecified atom stereocenters. The summed E-state index contributed by atoms with van der Waals surface area (Å²) in [7, 11) is 0. The number of benzene rings is 2. The fourth-order valence-corrected chi connectivity index (χ4v) is 2.24. The van der Waals surface area contributed by atoms with Crippen LogP contribution in [0.15, 0.2) is 66.7 Å². The van der Waals surface area contributed by atoms with Gasteiger partial charge >= 0.3 is 5.97 Å². The molecule has 0 aromatic heterocycles. The topological polar surface area (TPSA) is 75.8 Å². The Morgan fingerprint density at radius 1 is 1.12 bits per heavy atom. The standard InChI is InChI=1S/C19H22N2O3/c1-13(2)19(23)24-18(14(3)22)21(16-7-5-4-6-8-16)17-11-9-15(20)10-12-17/h4-12,14,18,22H,1,20H2,2-3H3. The van der Waals surface area contributed by atoms with Crippen molar-refractivity contribution in [1.29, 1.82) is 0 Å². The van der Waals surface area contributed by atoms with Crippen molar-refractivity contribution in [2.75, 3.05) is 10.6 Å². The number of rotatable bonds is 6. The van der Waals surface area contributed by atoms with Crippen molar-refractivity contribution in [2.24, 2.45) is 0 Å². The number of carbonyl (C=O) groups is 1. The molecule has 0 fully saturated rings. The summed E-state index contributed by atoms with van der Waals surface area (Å²) in [5.41, 5.74) is 8.18. The van der Waals surface area contributed by atoms with Crippen LogP contribution in [-0.4, -0.2) is 23.4 Å². The molecule has 2 rings (SSSR count). The average molecular weight is 326 g/mol. The number of ether oxygens (including phenoxy) is 1. The predicted octanol–water partition coefficient (Wildman–Crippen LogP) is 3.23. The molecule has 0 amide bonds. The molecule has 0 aliphatic carbocycles. The van der Waals surface area contributed by atoms with Gasteiger partial charge in [-0.05, 0) is 50.2 Å². The summed E-state index contributed by atoms with van der Waals surface area (Å²) in [4.78, 5) is 13.8. The molecule has 0 aliphatic rings. The van der Waals surface area contributed by atoms with Crippen molar-refractivity contribution in [1.82, 2.24) is 0 Å². The number of hydrogen-bond acceptors (Lipinski definition) is 5. The molecule has 0 saturated carbocycles. The minimum absolute atomic E-state index is 0.269. The summed E-state index contributed by atoms with van der Waals surface area (Å²) < 4.78 is 5.48. The minimum Gasteiger partial charge on any atom is -0.435 e. The molecule has 0 saturated heterocycles. The fraction of sp³-hybridized carbons (Fsp3) is 0.211. The summed E-state index contributed by atoms with van der Waals surface area (Å²) in [6.45, 7) is 6.73. The Hall–Kier alpha value is -2.79. The molecule has 3 N–H and O–H groups in total. The highest BCUT2D eigenvalue weighted by atomic mass is 16.6. The maximum absolute atomic E-state index is 12.0. The molecule has 24 heavy (non-hydrogen) atoms. The van der Waals surface area contributed by atoms with Crippen LogP contribution in [0.2, 0.25) is 0 Å². The van der Waals surface area contributed by atoms with Gasteiger partial charge in [0.15, 0.2) is 0 Å². The second kappa shape index (κ2) is 7.66. The van der Waals surface area contributed by atoms with Gasteiger partial charge in [-0.25, -0.2) is 4.79 Å². The summed E-state index contributed by atoms with van der Waals surface area (Å²) in [6.07, 6.45) is -1.83. The zero-order valence-corrected chi connectivity index (χ0v) is 13.8. The predicted molar refractivity (Wildman–Crippen MR) is 95.8 cm³/mol. The van der Waals surface area contributed by atoms with E-state index in [4.69, 9.17) is 10.5 Å². The molecule has 0 spiro atoms. The van der Waals surface area contributed by atoms with E-state index in [-0.39, 0.29) is 5.57 Å². The van der Waals surface area contributed by atoms with Gasteiger partial charge in [-0.15, -0.1) is 0 Å². The van der Waals surface area contributed by atoms with Crippen molar-refractivity contribution < 1.29 is 14.6 Å². The third kappa shape index (κ3) is 4.14. The van der Waals surface area contributed by atoms with E-state index in [2.05, 4.69) is 6.58 Å². The molecule has 0 bridgehead atoms. The number of aliphatic hydroxyl groups is 1. The van der Waals surface area contributed by atoms with E-state index in [1.54, 1.807) is 30.9 Å². The van der Waals surface area contributed by atoms with Crippen molar-refractivity contribution in [2.45, 2.75) is 26.2 Å². The Balaban J connectivity index is 2.48. The van der Waals surface area contributed by atoms with Gasteiger partial charge in [-0.1, -0.05) is 24.8 Å². The largest absolute Gasteiger partial charge is 0.435 e. The number of aliphatic hydroxyl groups excluding tert-OH is 1. The van der Waals surface area contributed by atoms with Gasteiger partial charge < -0.3 is 20.5 Å². The monoisotopic (exact) mass is 326 g/mol. The highest BCUT2D eigenvalue weighted by molar-refractivity contribution is 5.87. The normalized spacial score (nSPS) is 13.0. The first-order valence-corrected chi connectivity index (χ1v) is 7.64. The zero-order chi connectivity index (χ0) is 17.7. The summed E-state index contributed by atoms with van der Waals surface area (Å²) >= 11 is 0. The molecule has 5 nitrogen and oxygen atoms in total. The lowest BCUT2D eigenvalue weighted by Crippen LogP contribution is -2.43. The number of anilines is 3. The maximum atomic E-state index is 12.0. The molecule has 5 heteroatoms. The zero-order valence-electron chi connectivity index (χ0n) is 13.8. The van der Waals surface area contributed by atoms with Gasteiger partial charge in [0, 0.05) is 22.6 Å². The quantitative estimate of drug-likeness (QED) is 0.369. The Kier molecular flexibility index (Phi) is 5.60. The van der Waals surface area contributed by atoms with Gasteiger partial charge in [0.25, 0.3) is 0 Å². The average Bonchev–Trinajstić information content (AvgIpc) is 2.56. The Labute approximate surface area is 142 Å². The molecular weight excluding hydrogens is 304 g/mol. The number of hydrogen-bond donors (Lipinski definition) is 2. The lowest BCUT2D eigenvalue weighted by molar-refractivity contribution is -0.148. The molecular formula is C19H22N2O3. The molecule has 0 heterocycles. The van der Waals surface area contributed by atoms with Gasteiger partial charge in [-0.3, -0.25) is 0 Å². The molecule has 0 radical (unpaired) electrons. The van der Waals surface area contributed by atoms with Crippen molar-refractivity contribution >= 4 is 23.0 Å². The number of carbonyl (C=O) groups excluding carboxylic acids is 1. The van der Waals surface area contributed by atoms with Gasteiger partial charge in [0.2, 0.25) is 6.23 Å². The van der Waals surface area contributed by atoms with Crippen LogP contribution < -0.4 is 10.6 Å². The first-order chi connectivity index (χ1) is 11.4. The molecule has 2 aromatic carbocycles. The van der Waals surface area contributed by atoms with E-state index in [0.717, 1.165) is 11.4 Å². The van der Waals surface area contributed by atoms with Crippen LogP contribution in [0.1, 0.15) is 13.8 Å². The Morgan fingerprint density at radius 3 is 2.17 bits per heavy atom. The summed E-state index contributed by atoms with van der Waals surface area (Å²) in [5.74, 6) is -0.558. The molecule has 126 valence electrons. The lowest BCUT2D eigenvalue weighted by atomic mass is 10.2. The lowest BCUT2D eigenvalue weighted by Gasteiger charge is -2.35. The smallest absolute Gasteiger partial charge is 0.335 e. The first-order valence-electron chi connectivity index (χ1n) is 7.64. The Bertz CT molecular complexity index is 696. The first kappa shape index (κ1) is 17.6. The third-order valence-electron chi connectivity index (χ3n) is 3.45. The second-order valence-electron chi connectivity index (χ2n) is 5.61. The molecule has 2 atom stereocenters. The van der Waals surface area contributed by atoms with Crippen molar-refractivity contribution in [3.63, 3.8) is 0 Å². The third-order valence-corrected chi connectivity index (χ3v) is 3.45. The Morgan fingerprint density at radius 2 is 1.67 bits per heavy atom. The van der Waals surface area contributed by atoms with Gasteiger partial charge in [-0.2, -0.15) is 0 Å². The number of esters is 1. The van der Waals surface area contributed by atoms with E-state index < -0.39 is 18.3 Å². The van der Waals surface area contributed by atoms with Crippen molar-refractivity contribution in [3.8, 4) is 0 Å². The van der Waals surface area contributed by atoms with Crippen LogP contribution in [0.25, 0.3) is 0 Å². The van der Waals surface area contributed by atoms with Crippen LogP contribution in [0, 0.1) is 0 Å². The van der Waals surface area contributed by atoms with Crippen molar-refractivity contribution in [3.05, 3.63) is 66.7 Å². The van der Waals surface area contributed by atoms with E-state index in [1.165, 1.54) is 0 Å². The number of para-hydroxylation sites is 1. The van der Waals surface area contributed by atoms with E-state index in [1.807, 2.05) is 42.5 Å². The van der Waals surface area contributed by atoms with E-state index >= 15 is 0 Å². The van der Waals surface area contributed by atoms with Crippen LogP contribution in [0.4, 0.5) is 17.1 Å². The number of nitrogen functional groups attached to an aromatic ring is 1. The number of nitrogens with two attached hydrogens (primary N) is 1. The van der Waals surface area contributed by atoms with Crippen LogP contribution in [-0.2, 0) is 9.53 Å². The second-order valence-corrected chi connectivity index (χ2v) is 5.61. The molecule has 2 aromatic rings. The van der Waals surface area contributed by atoms with Crippen LogP contribution in [0.5, 0.6) is 0 Å². The van der Waals surface area contributed by atoms with E-state index in [9.17, 15) is 9.90 Å².